The second kappa shape index (κ2) is 4.77. The fraction of sp³-hybridized carbons (Fsp3) is 0.667. The highest BCUT2D eigenvalue weighted by Crippen LogP contribution is 2.26. The number of hydrogen-bond acceptors (Lipinski definition) is 3. The third-order valence-corrected chi connectivity index (χ3v) is 3.39. The van der Waals surface area contributed by atoms with Crippen molar-refractivity contribution >= 4 is 5.69 Å². The van der Waals surface area contributed by atoms with Crippen LogP contribution in [0.15, 0.2) is 15.8 Å². The quantitative estimate of drug-likeness (QED) is 0.842. The van der Waals surface area contributed by atoms with Crippen molar-refractivity contribution in [2.24, 2.45) is 5.92 Å². The first-order valence-electron chi connectivity index (χ1n) is 6.23. The van der Waals surface area contributed by atoms with Gasteiger partial charge in [-0.1, -0.05) is 13.3 Å². The molecule has 5 nitrogen and oxygen atoms in total. The molecule has 94 valence electrons. The zero-order chi connectivity index (χ0) is 12.4. The zero-order valence-electron chi connectivity index (χ0n) is 10.2. The van der Waals surface area contributed by atoms with Crippen LogP contribution in [-0.2, 0) is 13.1 Å². The van der Waals surface area contributed by atoms with Crippen LogP contribution in [0, 0.1) is 5.92 Å². The minimum atomic E-state index is -0.339. The second-order valence-corrected chi connectivity index (χ2v) is 4.77. The molecule has 0 amide bonds. The first-order valence-corrected chi connectivity index (χ1v) is 6.23. The van der Waals surface area contributed by atoms with Gasteiger partial charge in [-0.25, -0.2) is 4.79 Å². The van der Waals surface area contributed by atoms with E-state index < -0.39 is 0 Å². The summed E-state index contributed by atoms with van der Waals surface area (Å²) >= 11 is 0. The summed E-state index contributed by atoms with van der Waals surface area (Å²) in [5, 5.41) is 0. The number of hydrogen-bond donors (Lipinski definition) is 1. The standard InChI is InChI=1S/C12H19N3O2/c1-2-6-14-8-10(13)11(16)15(12(14)17)7-9-4-3-5-9/h8-9H,2-7,13H2,1H3. The van der Waals surface area contributed by atoms with Crippen molar-refractivity contribution in [2.45, 2.75) is 45.7 Å². The van der Waals surface area contributed by atoms with Crippen LogP contribution in [0.25, 0.3) is 0 Å². The van der Waals surface area contributed by atoms with Crippen LogP contribution in [0.3, 0.4) is 0 Å². The highest BCUT2D eigenvalue weighted by atomic mass is 16.2. The number of nitrogen functional groups attached to an aromatic ring is 1. The van der Waals surface area contributed by atoms with Gasteiger partial charge in [-0.3, -0.25) is 13.9 Å². The maximum Gasteiger partial charge on any atom is 0.331 e. The van der Waals surface area contributed by atoms with Gasteiger partial charge in [0.1, 0.15) is 5.69 Å². The Balaban J connectivity index is 2.40. The highest BCUT2D eigenvalue weighted by molar-refractivity contribution is 5.30. The number of aromatic nitrogens is 2. The van der Waals surface area contributed by atoms with E-state index in [1.807, 2.05) is 6.92 Å². The molecule has 0 radical (unpaired) electrons. The number of aryl methyl sites for hydroxylation is 1. The fourth-order valence-corrected chi connectivity index (χ4v) is 2.17. The molecule has 0 aliphatic heterocycles. The third-order valence-electron chi connectivity index (χ3n) is 3.39. The lowest BCUT2D eigenvalue weighted by Gasteiger charge is -2.25. The Hall–Kier alpha value is -1.52. The minimum absolute atomic E-state index is 0.164. The Bertz CT molecular complexity index is 511. The summed E-state index contributed by atoms with van der Waals surface area (Å²) in [6.07, 6.45) is 5.72. The summed E-state index contributed by atoms with van der Waals surface area (Å²) in [6, 6.07) is 0. The molecule has 1 fully saturated rings. The summed E-state index contributed by atoms with van der Waals surface area (Å²) in [7, 11) is 0. The molecule has 2 rings (SSSR count). The lowest BCUT2D eigenvalue weighted by molar-refractivity contribution is 0.267. The van der Waals surface area contributed by atoms with Crippen LogP contribution in [0.2, 0.25) is 0 Å². The molecular formula is C12H19N3O2. The number of nitrogens with two attached hydrogens (primary N) is 1. The topological polar surface area (TPSA) is 70.0 Å². The average molecular weight is 237 g/mol. The average Bonchev–Trinajstić information content (AvgIpc) is 2.24. The lowest BCUT2D eigenvalue weighted by atomic mass is 9.85. The van der Waals surface area contributed by atoms with Gasteiger partial charge in [0, 0.05) is 19.3 Å². The van der Waals surface area contributed by atoms with E-state index in [2.05, 4.69) is 0 Å². The third kappa shape index (κ3) is 2.28. The predicted octanol–water partition coefficient (Wildman–Crippen LogP) is 0.802. The summed E-state index contributed by atoms with van der Waals surface area (Å²) in [5.74, 6) is 0.470. The molecule has 0 aromatic carbocycles. The Labute approximate surface area is 99.9 Å². The molecule has 0 unspecified atom stereocenters. The van der Waals surface area contributed by atoms with Crippen molar-refractivity contribution in [3.63, 3.8) is 0 Å². The normalized spacial score (nSPS) is 15.8. The summed E-state index contributed by atoms with van der Waals surface area (Å²) < 4.78 is 2.84. The van der Waals surface area contributed by atoms with Crippen LogP contribution in [-0.4, -0.2) is 9.13 Å². The minimum Gasteiger partial charge on any atom is -0.393 e. The van der Waals surface area contributed by atoms with E-state index in [4.69, 9.17) is 5.73 Å². The Kier molecular flexibility index (Phi) is 3.36. The van der Waals surface area contributed by atoms with Crippen LogP contribution in [0.1, 0.15) is 32.6 Å². The molecule has 5 heteroatoms. The van der Waals surface area contributed by atoms with Gasteiger partial charge >= 0.3 is 5.69 Å². The molecule has 0 saturated heterocycles. The molecular weight excluding hydrogens is 218 g/mol. The Morgan fingerprint density at radius 2 is 2.12 bits per heavy atom. The van der Waals surface area contributed by atoms with E-state index in [9.17, 15) is 9.59 Å². The van der Waals surface area contributed by atoms with Crippen LogP contribution in [0.4, 0.5) is 5.69 Å². The maximum atomic E-state index is 12.1. The van der Waals surface area contributed by atoms with Crippen LogP contribution in [0.5, 0.6) is 0 Å². The maximum absolute atomic E-state index is 12.1. The van der Waals surface area contributed by atoms with E-state index in [1.165, 1.54) is 21.8 Å². The van der Waals surface area contributed by atoms with E-state index in [0.717, 1.165) is 19.3 Å². The molecule has 0 bridgehead atoms. The van der Waals surface area contributed by atoms with Crippen molar-refractivity contribution in [1.29, 1.82) is 0 Å². The van der Waals surface area contributed by atoms with Crippen molar-refractivity contribution in [2.75, 3.05) is 5.73 Å². The van der Waals surface area contributed by atoms with E-state index in [0.29, 0.717) is 19.0 Å². The van der Waals surface area contributed by atoms with Gasteiger partial charge in [-0.2, -0.15) is 0 Å². The van der Waals surface area contributed by atoms with Gasteiger partial charge in [0.05, 0.1) is 0 Å². The lowest BCUT2D eigenvalue weighted by Crippen LogP contribution is -2.42. The number of anilines is 1. The molecule has 1 aromatic heterocycles. The SMILES string of the molecule is CCCn1cc(N)c(=O)n(CC2CCC2)c1=O. The molecule has 2 N–H and O–H groups in total. The van der Waals surface area contributed by atoms with Gasteiger partial charge < -0.3 is 5.73 Å². The first-order chi connectivity index (χ1) is 8.13. The van der Waals surface area contributed by atoms with Gasteiger partial charge in [-0.05, 0) is 25.2 Å². The number of rotatable bonds is 4. The Morgan fingerprint density at radius 3 is 2.65 bits per heavy atom. The number of nitrogens with zero attached hydrogens (tertiary/aromatic N) is 2. The summed E-state index contributed by atoms with van der Waals surface area (Å²) in [6.45, 7) is 3.12. The molecule has 0 atom stereocenters. The van der Waals surface area contributed by atoms with Crippen molar-refractivity contribution in [3.8, 4) is 0 Å². The smallest absolute Gasteiger partial charge is 0.331 e. The molecule has 17 heavy (non-hydrogen) atoms. The van der Waals surface area contributed by atoms with Crippen molar-refractivity contribution in [3.05, 3.63) is 27.0 Å². The van der Waals surface area contributed by atoms with E-state index in [-0.39, 0.29) is 16.9 Å². The summed E-state index contributed by atoms with van der Waals surface area (Å²) in [4.78, 5) is 23.9. The second-order valence-electron chi connectivity index (χ2n) is 4.77. The predicted molar refractivity (Wildman–Crippen MR) is 67.0 cm³/mol. The summed E-state index contributed by atoms with van der Waals surface area (Å²) in [5.41, 5.74) is 5.26. The van der Waals surface area contributed by atoms with Gasteiger partial charge in [0.2, 0.25) is 0 Å². The molecule has 1 heterocycles. The molecule has 1 aromatic rings. The fourth-order valence-electron chi connectivity index (χ4n) is 2.17. The molecule has 1 aliphatic rings. The monoisotopic (exact) mass is 237 g/mol. The van der Waals surface area contributed by atoms with E-state index in [1.54, 1.807) is 0 Å². The Morgan fingerprint density at radius 1 is 1.41 bits per heavy atom. The largest absolute Gasteiger partial charge is 0.393 e. The van der Waals surface area contributed by atoms with Gasteiger partial charge in [0.25, 0.3) is 5.56 Å². The zero-order valence-corrected chi connectivity index (χ0v) is 10.2. The van der Waals surface area contributed by atoms with Gasteiger partial charge in [0.15, 0.2) is 0 Å². The van der Waals surface area contributed by atoms with Crippen molar-refractivity contribution < 1.29 is 0 Å². The van der Waals surface area contributed by atoms with E-state index >= 15 is 0 Å². The van der Waals surface area contributed by atoms with Crippen LogP contribution >= 0.6 is 0 Å². The van der Waals surface area contributed by atoms with Gasteiger partial charge in [-0.15, -0.1) is 0 Å². The molecule has 1 saturated carbocycles. The van der Waals surface area contributed by atoms with Crippen LogP contribution < -0.4 is 17.0 Å². The highest BCUT2D eigenvalue weighted by Gasteiger charge is 2.20. The first kappa shape index (κ1) is 12.0. The molecule has 1 aliphatic carbocycles. The molecule has 0 spiro atoms. The van der Waals surface area contributed by atoms with Crippen molar-refractivity contribution in [1.82, 2.24) is 9.13 Å².